The molecule has 2 aromatic heterocycles. The number of rotatable bonds is 5. The molecule has 0 spiro atoms. The van der Waals surface area contributed by atoms with E-state index < -0.39 is 5.91 Å². The minimum absolute atomic E-state index is 0.155. The fraction of sp³-hybridized carbons (Fsp3) is 0.200. The summed E-state index contributed by atoms with van der Waals surface area (Å²) in [5.41, 5.74) is 5.21. The van der Waals surface area contributed by atoms with Crippen molar-refractivity contribution in [3.05, 3.63) is 36.3 Å². The lowest BCUT2D eigenvalue weighted by Gasteiger charge is -2.04. The number of carbonyl (C=O) groups is 1. The van der Waals surface area contributed by atoms with Gasteiger partial charge in [0.1, 0.15) is 5.82 Å². The van der Waals surface area contributed by atoms with Crippen LogP contribution in [0.2, 0.25) is 0 Å². The number of nitrogens with two attached hydrogens (primary N) is 1. The first-order valence-corrected chi connectivity index (χ1v) is 5.10. The molecule has 2 aromatic rings. The minimum atomic E-state index is -0.583. The van der Waals surface area contributed by atoms with Crippen molar-refractivity contribution in [1.82, 2.24) is 20.0 Å². The Morgan fingerprint density at radius 1 is 1.41 bits per heavy atom. The monoisotopic (exact) mass is 232 g/mol. The van der Waals surface area contributed by atoms with Crippen molar-refractivity contribution in [2.75, 3.05) is 11.9 Å². The Balaban J connectivity index is 1.85. The lowest BCUT2D eigenvalue weighted by Crippen LogP contribution is -2.15. The predicted octanol–water partition coefficient (Wildman–Crippen LogP) is -0.116. The van der Waals surface area contributed by atoms with E-state index in [1.165, 1.54) is 6.07 Å². The Kier molecular flexibility index (Phi) is 3.29. The summed E-state index contributed by atoms with van der Waals surface area (Å²) in [4.78, 5) is 10.8. The third kappa shape index (κ3) is 3.00. The van der Waals surface area contributed by atoms with E-state index in [9.17, 15) is 4.79 Å². The van der Waals surface area contributed by atoms with Crippen molar-refractivity contribution in [2.24, 2.45) is 5.73 Å². The van der Waals surface area contributed by atoms with Crippen molar-refractivity contribution in [3.8, 4) is 0 Å². The summed E-state index contributed by atoms with van der Waals surface area (Å²) >= 11 is 0. The Bertz CT molecular complexity index is 478. The number of hydrogen-bond donors (Lipinski definition) is 2. The molecule has 0 saturated carbocycles. The third-order valence-corrected chi connectivity index (χ3v) is 2.12. The molecule has 1 amide bonds. The molecule has 0 saturated heterocycles. The Morgan fingerprint density at radius 3 is 2.88 bits per heavy atom. The minimum Gasteiger partial charge on any atom is -0.367 e. The van der Waals surface area contributed by atoms with Crippen LogP contribution in [0.5, 0.6) is 0 Å². The molecule has 2 heterocycles. The number of amides is 1. The van der Waals surface area contributed by atoms with Gasteiger partial charge in [-0.15, -0.1) is 10.2 Å². The van der Waals surface area contributed by atoms with Crippen LogP contribution in [-0.4, -0.2) is 32.4 Å². The molecule has 0 aliphatic rings. The zero-order chi connectivity index (χ0) is 12.1. The van der Waals surface area contributed by atoms with Crippen LogP contribution in [0.1, 0.15) is 10.5 Å². The van der Waals surface area contributed by atoms with Crippen molar-refractivity contribution in [2.45, 2.75) is 6.54 Å². The lowest BCUT2D eigenvalue weighted by molar-refractivity contribution is 0.0994. The average Bonchev–Trinajstić information content (AvgIpc) is 2.83. The van der Waals surface area contributed by atoms with Crippen LogP contribution < -0.4 is 11.1 Å². The van der Waals surface area contributed by atoms with E-state index in [0.29, 0.717) is 12.4 Å². The van der Waals surface area contributed by atoms with Gasteiger partial charge in [-0.3, -0.25) is 9.48 Å². The molecule has 0 aromatic carbocycles. The molecular formula is C10H12N6O. The molecular weight excluding hydrogens is 220 g/mol. The number of hydrogen-bond acceptors (Lipinski definition) is 5. The number of aromatic nitrogens is 4. The largest absolute Gasteiger partial charge is 0.367 e. The second kappa shape index (κ2) is 5.06. The topological polar surface area (TPSA) is 98.7 Å². The van der Waals surface area contributed by atoms with Gasteiger partial charge in [0, 0.05) is 18.9 Å². The van der Waals surface area contributed by atoms with Gasteiger partial charge in [-0.05, 0) is 18.2 Å². The number of nitrogens with zero attached hydrogens (tertiary/aromatic N) is 4. The van der Waals surface area contributed by atoms with E-state index in [0.717, 1.165) is 6.54 Å². The SMILES string of the molecule is NC(=O)c1ccc(NCCn2cccn2)nn1. The zero-order valence-corrected chi connectivity index (χ0v) is 9.08. The van der Waals surface area contributed by atoms with Crippen LogP contribution in [0.4, 0.5) is 5.82 Å². The van der Waals surface area contributed by atoms with Gasteiger partial charge in [0.25, 0.3) is 5.91 Å². The Morgan fingerprint density at radius 2 is 2.29 bits per heavy atom. The molecule has 88 valence electrons. The fourth-order valence-electron chi connectivity index (χ4n) is 1.29. The maximum absolute atomic E-state index is 10.8. The molecule has 0 aliphatic heterocycles. The quantitative estimate of drug-likeness (QED) is 0.749. The first-order valence-electron chi connectivity index (χ1n) is 5.10. The molecule has 0 aliphatic carbocycles. The van der Waals surface area contributed by atoms with E-state index in [1.807, 2.05) is 12.3 Å². The molecule has 0 unspecified atom stereocenters. The highest BCUT2D eigenvalue weighted by molar-refractivity contribution is 5.90. The van der Waals surface area contributed by atoms with E-state index in [-0.39, 0.29) is 5.69 Å². The second-order valence-electron chi connectivity index (χ2n) is 3.36. The second-order valence-corrected chi connectivity index (χ2v) is 3.36. The molecule has 0 bridgehead atoms. The highest BCUT2D eigenvalue weighted by Gasteiger charge is 2.02. The first kappa shape index (κ1) is 11.1. The third-order valence-electron chi connectivity index (χ3n) is 2.12. The number of anilines is 1. The summed E-state index contributed by atoms with van der Waals surface area (Å²) in [5.74, 6) is 0.0164. The van der Waals surface area contributed by atoms with Crippen LogP contribution in [-0.2, 0) is 6.54 Å². The number of primary amides is 1. The lowest BCUT2D eigenvalue weighted by atomic mass is 10.4. The maximum Gasteiger partial charge on any atom is 0.269 e. The normalized spacial score (nSPS) is 10.1. The fourth-order valence-corrected chi connectivity index (χ4v) is 1.29. The van der Waals surface area contributed by atoms with Crippen LogP contribution in [0.15, 0.2) is 30.6 Å². The Hall–Kier alpha value is -2.44. The van der Waals surface area contributed by atoms with Gasteiger partial charge in [0.2, 0.25) is 0 Å². The van der Waals surface area contributed by atoms with Crippen molar-refractivity contribution >= 4 is 11.7 Å². The van der Waals surface area contributed by atoms with Crippen molar-refractivity contribution in [3.63, 3.8) is 0 Å². The van der Waals surface area contributed by atoms with Gasteiger partial charge in [-0.1, -0.05) is 0 Å². The van der Waals surface area contributed by atoms with E-state index >= 15 is 0 Å². The van der Waals surface area contributed by atoms with Gasteiger partial charge in [-0.25, -0.2) is 0 Å². The van der Waals surface area contributed by atoms with Crippen LogP contribution in [0, 0.1) is 0 Å². The van der Waals surface area contributed by atoms with Gasteiger partial charge in [0.05, 0.1) is 6.54 Å². The maximum atomic E-state index is 10.8. The van der Waals surface area contributed by atoms with Crippen molar-refractivity contribution < 1.29 is 4.79 Å². The molecule has 3 N–H and O–H groups in total. The highest BCUT2D eigenvalue weighted by Crippen LogP contribution is 2.01. The van der Waals surface area contributed by atoms with Gasteiger partial charge in [0.15, 0.2) is 5.69 Å². The zero-order valence-electron chi connectivity index (χ0n) is 9.08. The standard InChI is InChI=1S/C10H12N6O/c11-10(17)8-2-3-9(15-14-8)12-5-7-16-6-1-4-13-16/h1-4,6H,5,7H2,(H2,11,17)(H,12,15). The predicted molar refractivity (Wildman–Crippen MR) is 61.3 cm³/mol. The summed E-state index contributed by atoms with van der Waals surface area (Å²) in [5, 5.41) is 14.6. The van der Waals surface area contributed by atoms with Gasteiger partial charge in [-0.2, -0.15) is 5.10 Å². The van der Waals surface area contributed by atoms with Gasteiger partial charge >= 0.3 is 0 Å². The van der Waals surface area contributed by atoms with E-state index in [2.05, 4.69) is 20.6 Å². The molecule has 17 heavy (non-hydrogen) atoms. The summed E-state index contributed by atoms with van der Waals surface area (Å²) in [7, 11) is 0. The molecule has 0 radical (unpaired) electrons. The number of carbonyl (C=O) groups excluding carboxylic acids is 1. The van der Waals surface area contributed by atoms with Crippen LogP contribution in [0.25, 0.3) is 0 Å². The van der Waals surface area contributed by atoms with Crippen LogP contribution >= 0.6 is 0 Å². The first-order chi connectivity index (χ1) is 8.25. The smallest absolute Gasteiger partial charge is 0.269 e. The van der Waals surface area contributed by atoms with Crippen molar-refractivity contribution in [1.29, 1.82) is 0 Å². The molecule has 2 rings (SSSR count). The molecule has 0 fully saturated rings. The average molecular weight is 232 g/mol. The highest BCUT2D eigenvalue weighted by atomic mass is 16.1. The summed E-state index contributed by atoms with van der Waals surface area (Å²) in [6.07, 6.45) is 3.60. The van der Waals surface area contributed by atoms with Gasteiger partial charge < -0.3 is 11.1 Å². The molecule has 7 nitrogen and oxygen atoms in total. The van der Waals surface area contributed by atoms with E-state index in [4.69, 9.17) is 5.73 Å². The number of nitrogens with one attached hydrogen (secondary N) is 1. The molecule has 7 heteroatoms. The Labute approximate surface area is 97.6 Å². The van der Waals surface area contributed by atoms with E-state index in [1.54, 1.807) is 16.9 Å². The summed E-state index contributed by atoms with van der Waals surface area (Å²) in [6.45, 7) is 1.40. The van der Waals surface area contributed by atoms with Crippen LogP contribution in [0.3, 0.4) is 0 Å². The summed E-state index contributed by atoms with van der Waals surface area (Å²) < 4.78 is 1.80. The summed E-state index contributed by atoms with van der Waals surface area (Å²) in [6, 6.07) is 5.06. The molecule has 0 atom stereocenters.